The highest BCUT2D eigenvalue weighted by Crippen LogP contribution is 2.34. The van der Waals surface area contributed by atoms with E-state index in [2.05, 4.69) is 10.3 Å². The molecule has 0 radical (unpaired) electrons. The highest BCUT2D eigenvalue weighted by Gasteiger charge is 2.44. The second-order valence-corrected chi connectivity index (χ2v) is 6.83. The van der Waals surface area contributed by atoms with Crippen LogP contribution in [0, 0.1) is 6.92 Å². The van der Waals surface area contributed by atoms with Crippen LogP contribution in [0.25, 0.3) is 0 Å². The van der Waals surface area contributed by atoms with Gasteiger partial charge in [0.15, 0.2) is 0 Å². The minimum atomic E-state index is -1.19. The second-order valence-electron chi connectivity index (χ2n) is 5.94. The number of thiazole rings is 1. The number of nitrogens with zero attached hydrogens (tertiary/aromatic N) is 1. The lowest BCUT2D eigenvalue weighted by atomic mass is 10.1. The number of ether oxygens (including phenoxy) is 1. The fraction of sp³-hybridized carbons (Fsp3) is 0.412. The van der Waals surface area contributed by atoms with Gasteiger partial charge in [-0.15, -0.1) is 11.3 Å². The van der Waals surface area contributed by atoms with E-state index in [0.717, 1.165) is 11.1 Å². The molecule has 1 aromatic heterocycles. The molecule has 8 heteroatoms. The van der Waals surface area contributed by atoms with Crippen LogP contribution in [0.3, 0.4) is 0 Å². The Kier molecular flexibility index (Phi) is 5.45. The van der Waals surface area contributed by atoms with Gasteiger partial charge in [0.2, 0.25) is 0 Å². The third kappa shape index (κ3) is 3.73. The lowest BCUT2D eigenvalue weighted by molar-refractivity contribution is -0.0228. The van der Waals surface area contributed by atoms with Gasteiger partial charge in [0.25, 0.3) is 5.91 Å². The van der Waals surface area contributed by atoms with Crippen LogP contribution in [-0.2, 0) is 11.3 Å². The first kappa shape index (κ1) is 18.0. The van der Waals surface area contributed by atoms with Crippen molar-refractivity contribution in [1.82, 2.24) is 10.3 Å². The zero-order valence-corrected chi connectivity index (χ0v) is 14.4. The first-order chi connectivity index (χ1) is 12.0. The van der Waals surface area contributed by atoms with Gasteiger partial charge in [-0.3, -0.25) is 4.79 Å². The molecule has 4 atom stereocenters. The fourth-order valence-corrected chi connectivity index (χ4v) is 3.57. The van der Waals surface area contributed by atoms with E-state index in [1.54, 1.807) is 5.38 Å². The summed E-state index contributed by atoms with van der Waals surface area (Å²) in [7, 11) is 0. The minimum Gasteiger partial charge on any atom is -0.394 e. The number of benzene rings is 1. The van der Waals surface area contributed by atoms with Crippen molar-refractivity contribution in [3.05, 3.63) is 51.5 Å². The molecular weight excluding hydrogens is 344 g/mol. The largest absolute Gasteiger partial charge is 0.394 e. The summed E-state index contributed by atoms with van der Waals surface area (Å²) in [5.74, 6) is -0.322. The van der Waals surface area contributed by atoms with Crippen molar-refractivity contribution >= 4 is 17.2 Å². The maximum atomic E-state index is 12.3. The average Bonchev–Trinajstić information content (AvgIpc) is 3.20. The van der Waals surface area contributed by atoms with Gasteiger partial charge in [0, 0.05) is 11.9 Å². The van der Waals surface area contributed by atoms with Crippen LogP contribution in [0.1, 0.15) is 32.7 Å². The number of hydrogen-bond acceptors (Lipinski definition) is 7. The van der Waals surface area contributed by atoms with Crippen LogP contribution in [0.15, 0.2) is 29.6 Å². The molecule has 4 N–H and O–H groups in total. The summed E-state index contributed by atoms with van der Waals surface area (Å²) < 4.78 is 5.43. The number of hydrogen-bond donors (Lipinski definition) is 4. The van der Waals surface area contributed by atoms with E-state index >= 15 is 0 Å². The topological polar surface area (TPSA) is 112 Å². The molecule has 0 unspecified atom stereocenters. The lowest BCUT2D eigenvalue weighted by Crippen LogP contribution is -2.32. The molecule has 1 aliphatic heterocycles. The molecule has 1 amide bonds. The molecule has 2 aromatic rings. The van der Waals surface area contributed by atoms with Crippen LogP contribution in [0.2, 0.25) is 0 Å². The molecule has 0 aliphatic carbocycles. The summed E-state index contributed by atoms with van der Waals surface area (Å²) in [5.41, 5.74) is 2.34. The van der Waals surface area contributed by atoms with Gasteiger partial charge in [-0.1, -0.05) is 24.3 Å². The smallest absolute Gasteiger partial charge is 0.271 e. The molecular formula is C17H20N2O5S. The predicted molar refractivity (Wildman–Crippen MR) is 91.2 cm³/mol. The van der Waals surface area contributed by atoms with Gasteiger partial charge in [-0.25, -0.2) is 4.98 Å². The predicted octanol–water partition coefficient (Wildman–Crippen LogP) is 0.536. The van der Waals surface area contributed by atoms with Crippen LogP contribution in [0.4, 0.5) is 0 Å². The van der Waals surface area contributed by atoms with E-state index in [1.807, 2.05) is 31.2 Å². The number of aliphatic hydroxyl groups excluding tert-OH is 3. The molecule has 0 saturated carbocycles. The molecule has 1 fully saturated rings. The van der Waals surface area contributed by atoms with Crippen LogP contribution in [-0.4, -0.2) is 51.1 Å². The van der Waals surface area contributed by atoms with E-state index in [1.165, 1.54) is 11.3 Å². The lowest BCUT2D eigenvalue weighted by Gasteiger charge is -2.11. The monoisotopic (exact) mass is 364 g/mol. The number of aromatic nitrogens is 1. The highest BCUT2D eigenvalue weighted by atomic mass is 32.1. The summed E-state index contributed by atoms with van der Waals surface area (Å²) in [6, 6.07) is 7.77. The van der Waals surface area contributed by atoms with Crippen molar-refractivity contribution in [3.8, 4) is 0 Å². The number of aliphatic hydroxyl groups is 3. The summed E-state index contributed by atoms with van der Waals surface area (Å²) in [5, 5.41) is 33.7. The number of carbonyl (C=O) groups is 1. The van der Waals surface area contributed by atoms with E-state index in [-0.39, 0.29) is 11.6 Å². The first-order valence-corrected chi connectivity index (χ1v) is 8.79. The van der Waals surface area contributed by atoms with E-state index in [0.29, 0.717) is 11.6 Å². The quantitative estimate of drug-likeness (QED) is 0.616. The van der Waals surface area contributed by atoms with Crippen molar-refractivity contribution < 1.29 is 24.9 Å². The van der Waals surface area contributed by atoms with Gasteiger partial charge in [0.1, 0.15) is 35.1 Å². The van der Waals surface area contributed by atoms with Crippen LogP contribution in [0.5, 0.6) is 0 Å². The summed E-state index contributed by atoms with van der Waals surface area (Å²) in [6.45, 7) is 1.97. The molecule has 1 aliphatic rings. The van der Waals surface area contributed by atoms with Crippen molar-refractivity contribution in [2.45, 2.75) is 37.9 Å². The Balaban J connectivity index is 1.65. The third-order valence-corrected chi connectivity index (χ3v) is 5.15. The van der Waals surface area contributed by atoms with Crippen molar-refractivity contribution in [2.75, 3.05) is 6.61 Å². The number of rotatable bonds is 5. The van der Waals surface area contributed by atoms with Crippen molar-refractivity contribution in [1.29, 1.82) is 0 Å². The zero-order valence-electron chi connectivity index (χ0n) is 13.6. The first-order valence-electron chi connectivity index (χ1n) is 7.92. The summed E-state index contributed by atoms with van der Waals surface area (Å²) >= 11 is 1.17. The average molecular weight is 364 g/mol. The van der Waals surface area contributed by atoms with Gasteiger partial charge in [-0.2, -0.15) is 0 Å². The fourth-order valence-electron chi connectivity index (χ4n) is 2.70. The van der Waals surface area contributed by atoms with Gasteiger partial charge in [0.05, 0.1) is 6.61 Å². The molecule has 3 rings (SSSR count). The molecule has 1 aromatic carbocycles. The molecule has 0 spiro atoms. The second kappa shape index (κ2) is 7.59. The standard InChI is InChI=1S/C17H20N2O5S/c1-9-4-2-3-5-10(9)6-18-16(23)11-8-25-17(19-11)15-14(22)13(21)12(7-20)24-15/h2-5,8,12-15,20-22H,6-7H2,1H3,(H,18,23)/t12-,13-,14-,15-/m1/s1. The number of amides is 1. The Bertz CT molecular complexity index is 750. The van der Waals surface area contributed by atoms with E-state index < -0.39 is 31.0 Å². The van der Waals surface area contributed by atoms with Crippen molar-refractivity contribution in [2.24, 2.45) is 0 Å². The van der Waals surface area contributed by atoms with Crippen LogP contribution >= 0.6 is 11.3 Å². The van der Waals surface area contributed by atoms with E-state index in [4.69, 9.17) is 9.84 Å². The molecule has 0 bridgehead atoms. The minimum absolute atomic E-state index is 0.228. The maximum Gasteiger partial charge on any atom is 0.271 e. The molecule has 134 valence electrons. The molecule has 2 heterocycles. The molecule has 7 nitrogen and oxygen atoms in total. The van der Waals surface area contributed by atoms with Gasteiger partial charge >= 0.3 is 0 Å². The number of carbonyl (C=O) groups excluding carboxylic acids is 1. The number of aryl methyl sites for hydroxylation is 1. The molecule has 25 heavy (non-hydrogen) atoms. The Morgan fingerprint density at radius 2 is 2.08 bits per heavy atom. The third-order valence-electron chi connectivity index (χ3n) is 4.24. The summed E-state index contributed by atoms with van der Waals surface area (Å²) in [4.78, 5) is 16.5. The number of nitrogens with one attached hydrogen (secondary N) is 1. The Hall–Kier alpha value is -1.84. The Labute approximate surface area is 148 Å². The Morgan fingerprint density at radius 1 is 1.32 bits per heavy atom. The van der Waals surface area contributed by atoms with Crippen LogP contribution < -0.4 is 5.32 Å². The normalized spacial score (nSPS) is 25.9. The SMILES string of the molecule is Cc1ccccc1CNC(=O)c1csc([C@@H]2O[C@H](CO)[C@@H](O)[C@H]2O)n1. The molecule has 1 saturated heterocycles. The van der Waals surface area contributed by atoms with Gasteiger partial charge in [-0.05, 0) is 18.1 Å². The summed E-state index contributed by atoms with van der Waals surface area (Å²) in [6.07, 6.45) is -4.08. The van der Waals surface area contributed by atoms with E-state index in [9.17, 15) is 15.0 Å². The maximum absolute atomic E-state index is 12.3. The van der Waals surface area contributed by atoms with Crippen molar-refractivity contribution in [3.63, 3.8) is 0 Å². The van der Waals surface area contributed by atoms with Gasteiger partial charge < -0.3 is 25.4 Å². The Morgan fingerprint density at radius 3 is 2.76 bits per heavy atom. The highest BCUT2D eigenvalue weighted by molar-refractivity contribution is 7.09. The zero-order chi connectivity index (χ0) is 18.0.